The maximum Gasteiger partial charge on any atom is 0.403 e. The fourth-order valence-corrected chi connectivity index (χ4v) is 1.80. The predicted octanol–water partition coefficient (Wildman–Crippen LogP) is 5.04. The lowest BCUT2D eigenvalue weighted by Gasteiger charge is -2.36. The van der Waals surface area contributed by atoms with Gasteiger partial charge in [0.05, 0.1) is 0 Å². The van der Waals surface area contributed by atoms with Crippen LogP contribution in [0.4, 0.5) is 26.3 Å². The number of ether oxygens (including phenoxy) is 1. The number of esters is 1. The van der Waals surface area contributed by atoms with E-state index in [1.54, 1.807) is 13.8 Å². The lowest BCUT2D eigenvalue weighted by molar-refractivity contribution is -0.341. The fourth-order valence-electron chi connectivity index (χ4n) is 1.80. The number of hydrogen-bond acceptors (Lipinski definition) is 2. The molecule has 8 heteroatoms. The molecule has 1 atom stereocenters. The van der Waals surface area contributed by atoms with Crippen molar-refractivity contribution in [1.29, 1.82) is 0 Å². The molecule has 0 radical (unpaired) electrons. The molecule has 0 saturated carbocycles. The molecule has 0 aliphatic rings. The predicted molar refractivity (Wildman–Crippen MR) is 69.0 cm³/mol. The van der Waals surface area contributed by atoms with Crippen LogP contribution in [0.5, 0.6) is 0 Å². The van der Waals surface area contributed by atoms with Crippen molar-refractivity contribution in [3.63, 3.8) is 0 Å². The lowest BCUT2D eigenvalue weighted by Crippen LogP contribution is -2.50. The van der Waals surface area contributed by atoms with Crippen molar-refractivity contribution < 1.29 is 35.9 Å². The van der Waals surface area contributed by atoms with Gasteiger partial charge in [-0.3, -0.25) is 0 Å². The summed E-state index contributed by atoms with van der Waals surface area (Å²) in [6.07, 6.45) is -14.0. The number of hydrogen-bond donors (Lipinski definition) is 0. The second-order valence-corrected chi connectivity index (χ2v) is 5.97. The van der Waals surface area contributed by atoms with E-state index in [-0.39, 0.29) is 24.8 Å². The van der Waals surface area contributed by atoms with E-state index < -0.39 is 36.3 Å². The number of alkyl halides is 6. The zero-order valence-electron chi connectivity index (χ0n) is 12.9. The van der Waals surface area contributed by atoms with Gasteiger partial charge in [-0.25, -0.2) is 4.79 Å². The molecule has 1 unspecified atom stereocenters. The Kier molecular flexibility index (Phi) is 6.53. The number of rotatable bonds is 6. The van der Waals surface area contributed by atoms with Gasteiger partial charge in [-0.2, -0.15) is 26.3 Å². The molecule has 0 fully saturated rings. The second-order valence-electron chi connectivity index (χ2n) is 5.97. The van der Waals surface area contributed by atoms with Crippen molar-refractivity contribution in [2.24, 2.45) is 11.3 Å². The van der Waals surface area contributed by atoms with Gasteiger partial charge >= 0.3 is 18.3 Å². The Bertz CT molecular complexity index is 395. The minimum absolute atomic E-state index is 0.0783. The molecule has 0 amide bonds. The molecular formula is C14H20F6O2. The molecule has 0 aliphatic heterocycles. The van der Waals surface area contributed by atoms with Crippen LogP contribution in [0, 0.1) is 11.3 Å². The Hall–Kier alpha value is -1.21. The van der Waals surface area contributed by atoms with Gasteiger partial charge in [0.15, 0.2) is 5.41 Å². The molecule has 0 aromatic rings. The molecular weight excluding hydrogens is 314 g/mol. The summed E-state index contributed by atoms with van der Waals surface area (Å²) in [6.45, 7) is 7.83. The molecule has 2 nitrogen and oxygen atoms in total. The third-order valence-electron chi connectivity index (χ3n) is 3.24. The van der Waals surface area contributed by atoms with E-state index in [9.17, 15) is 31.1 Å². The van der Waals surface area contributed by atoms with Crippen LogP contribution in [0.25, 0.3) is 0 Å². The zero-order chi connectivity index (χ0) is 17.9. The SMILES string of the molecule is C=C(C)C(=O)OC(CC(C)C)CC(C)(C(F)(F)F)C(F)(F)F. The minimum Gasteiger partial charge on any atom is -0.459 e. The molecule has 0 heterocycles. The number of halogens is 6. The maximum atomic E-state index is 12.9. The highest BCUT2D eigenvalue weighted by Gasteiger charge is 2.68. The summed E-state index contributed by atoms with van der Waals surface area (Å²) in [4.78, 5) is 11.4. The van der Waals surface area contributed by atoms with Gasteiger partial charge in [-0.05, 0) is 26.2 Å². The van der Waals surface area contributed by atoms with Crippen LogP contribution >= 0.6 is 0 Å². The van der Waals surface area contributed by atoms with Gasteiger partial charge in [0, 0.05) is 12.0 Å². The first-order valence-electron chi connectivity index (χ1n) is 6.61. The highest BCUT2D eigenvalue weighted by molar-refractivity contribution is 5.87. The van der Waals surface area contributed by atoms with Crippen LogP contribution in [0.3, 0.4) is 0 Å². The van der Waals surface area contributed by atoms with Crippen LogP contribution in [0.2, 0.25) is 0 Å². The van der Waals surface area contributed by atoms with Crippen LogP contribution in [-0.2, 0) is 9.53 Å². The van der Waals surface area contributed by atoms with E-state index in [1.165, 1.54) is 6.92 Å². The summed E-state index contributed by atoms with van der Waals surface area (Å²) in [5.41, 5.74) is -4.04. The molecule has 0 saturated heterocycles. The van der Waals surface area contributed by atoms with Crippen LogP contribution in [-0.4, -0.2) is 24.4 Å². The van der Waals surface area contributed by atoms with Gasteiger partial charge in [-0.1, -0.05) is 20.4 Å². The van der Waals surface area contributed by atoms with Crippen molar-refractivity contribution in [1.82, 2.24) is 0 Å². The summed E-state index contributed by atoms with van der Waals surface area (Å²) >= 11 is 0. The van der Waals surface area contributed by atoms with Crippen LogP contribution in [0.1, 0.15) is 40.5 Å². The average molecular weight is 334 g/mol. The molecule has 22 heavy (non-hydrogen) atoms. The first kappa shape index (κ1) is 20.8. The Morgan fingerprint density at radius 2 is 1.50 bits per heavy atom. The summed E-state index contributed by atoms with van der Waals surface area (Å²) in [7, 11) is 0. The minimum atomic E-state index is -5.50. The van der Waals surface area contributed by atoms with Gasteiger partial charge < -0.3 is 4.74 Å². The summed E-state index contributed by atoms with van der Waals surface area (Å²) in [5, 5.41) is 0. The van der Waals surface area contributed by atoms with Gasteiger partial charge in [-0.15, -0.1) is 0 Å². The van der Waals surface area contributed by atoms with Crippen LogP contribution in [0.15, 0.2) is 12.2 Å². The Morgan fingerprint density at radius 3 is 1.77 bits per heavy atom. The lowest BCUT2D eigenvalue weighted by atomic mass is 9.81. The Balaban J connectivity index is 5.48. The van der Waals surface area contributed by atoms with E-state index in [1.807, 2.05) is 0 Å². The van der Waals surface area contributed by atoms with Crippen LogP contribution < -0.4 is 0 Å². The second kappa shape index (κ2) is 6.91. The van der Waals surface area contributed by atoms with Crippen molar-refractivity contribution in [3.8, 4) is 0 Å². The van der Waals surface area contributed by atoms with E-state index in [0.717, 1.165) is 0 Å². The van der Waals surface area contributed by atoms with Crippen molar-refractivity contribution in [2.75, 3.05) is 0 Å². The Morgan fingerprint density at radius 1 is 1.09 bits per heavy atom. The zero-order valence-corrected chi connectivity index (χ0v) is 12.9. The normalized spacial score (nSPS) is 14.9. The topological polar surface area (TPSA) is 26.3 Å². The van der Waals surface area contributed by atoms with E-state index >= 15 is 0 Å². The number of carbonyl (C=O) groups is 1. The van der Waals surface area contributed by atoms with Crippen molar-refractivity contribution in [3.05, 3.63) is 12.2 Å². The highest BCUT2D eigenvalue weighted by atomic mass is 19.4. The van der Waals surface area contributed by atoms with Crippen molar-refractivity contribution in [2.45, 2.75) is 59.0 Å². The van der Waals surface area contributed by atoms with E-state index in [4.69, 9.17) is 4.74 Å². The van der Waals surface area contributed by atoms with E-state index in [0.29, 0.717) is 0 Å². The van der Waals surface area contributed by atoms with Crippen molar-refractivity contribution >= 4 is 5.97 Å². The third kappa shape index (κ3) is 5.21. The summed E-state index contributed by atoms with van der Waals surface area (Å²) < 4.78 is 82.3. The fraction of sp³-hybridized carbons (Fsp3) is 0.786. The number of carbonyl (C=O) groups excluding carboxylic acids is 1. The van der Waals surface area contributed by atoms with Gasteiger partial charge in [0.1, 0.15) is 6.10 Å². The third-order valence-corrected chi connectivity index (χ3v) is 3.24. The first-order chi connectivity index (χ1) is 9.61. The molecule has 0 bridgehead atoms. The molecule has 0 spiro atoms. The highest BCUT2D eigenvalue weighted by Crippen LogP contribution is 2.53. The smallest absolute Gasteiger partial charge is 0.403 e. The average Bonchev–Trinajstić information content (AvgIpc) is 2.24. The molecule has 0 aliphatic carbocycles. The molecule has 0 aromatic carbocycles. The van der Waals surface area contributed by atoms with E-state index in [2.05, 4.69) is 6.58 Å². The Labute approximate surface area is 125 Å². The van der Waals surface area contributed by atoms with Gasteiger partial charge in [0.25, 0.3) is 0 Å². The van der Waals surface area contributed by atoms with Gasteiger partial charge in [0.2, 0.25) is 0 Å². The first-order valence-corrected chi connectivity index (χ1v) is 6.61. The monoisotopic (exact) mass is 334 g/mol. The standard InChI is InChI=1S/C14H20F6O2/c1-8(2)6-10(22-11(21)9(3)4)7-12(5,13(15,16)17)14(18,19)20/h8,10H,3,6-7H2,1-2,4-5H3. The molecule has 0 rings (SSSR count). The summed E-state index contributed by atoms with van der Waals surface area (Å²) in [6, 6.07) is 0. The summed E-state index contributed by atoms with van der Waals surface area (Å²) in [5.74, 6) is -1.24. The molecule has 0 N–H and O–H groups in total. The molecule has 0 aromatic heterocycles. The quantitative estimate of drug-likeness (QED) is 0.386. The molecule has 130 valence electrons. The maximum absolute atomic E-state index is 12.9. The largest absolute Gasteiger partial charge is 0.459 e.